The SMILES string of the molecule is COc1c(F)c(OC)c(Br)c(N(F)C(C)=O)c1F. The minimum Gasteiger partial charge on any atom is -0.492 e. The summed E-state index contributed by atoms with van der Waals surface area (Å²) < 4.78 is 49.9. The van der Waals surface area contributed by atoms with Crippen LogP contribution >= 0.6 is 15.9 Å². The first kappa shape index (κ1) is 14.6. The summed E-state index contributed by atoms with van der Waals surface area (Å²) in [7, 11) is 2.12. The van der Waals surface area contributed by atoms with Gasteiger partial charge in [0.2, 0.25) is 5.82 Å². The number of carbonyl (C=O) groups excluding carboxylic acids is 1. The van der Waals surface area contributed by atoms with Gasteiger partial charge in [-0.1, -0.05) is 4.48 Å². The molecular weight excluding hydrogens is 319 g/mol. The lowest BCUT2D eigenvalue weighted by Crippen LogP contribution is -2.20. The van der Waals surface area contributed by atoms with Gasteiger partial charge in [0.25, 0.3) is 5.91 Å². The Hall–Kier alpha value is -1.44. The fraction of sp³-hybridized carbons (Fsp3) is 0.300. The third-order valence-corrected chi connectivity index (χ3v) is 2.83. The van der Waals surface area contributed by atoms with E-state index in [1.54, 1.807) is 0 Å². The van der Waals surface area contributed by atoms with E-state index in [9.17, 15) is 18.1 Å². The third kappa shape index (κ3) is 2.24. The van der Waals surface area contributed by atoms with Crippen LogP contribution in [0.4, 0.5) is 18.9 Å². The molecule has 0 heterocycles. The van der Waals surface area contributed by atoms with E-state index in [-0.39, 0.29) is 4.47 Å². The second-order valence-corrected chi connectivity index (χ2v) is 3.95. The predicted octanol–water partition coefficient (Wildman–Crippen LogP) is 2.98. The van der Waals surface area contributed by atoms with Crippen LogP contribution in [0.5, 0.6) is 11.5 Å². The first-order chi connectivity index (χ1) is 8.36. The van der Waals surface area contributed by atoms with Gasteiger partial charge in [0.05, 0.1) is 18.7 Å². The molecule has 0 unspecified atom stereocenters. The van der Waals surface area contributed by atoms with E-state index in [0.717, 1.165) is 21.1 Å². The minimum absolute atomic E-state index is 0.363. The first-order valence-corrected chi connectivity index (χ1v) is 5.41. The van der Waals surface area contributed by atoms with Gasteiger partial charge in [-0.2, -0.15) is 4.39 Å². The maximum Gasteiger partial charge on any atom is 0.252 e. The van der Waals surface area contributed by atoms with Crippen LogP contribution in [0.15, 0.2) is 4.47 Å². The molecule has 0 N–H and O–H groups in total. The Labute approximate surface area is 109 Å². The summed E-state index contributed by atoms with van der Waals surface area (Å²) in [5, 5.41) is -0.468. The van der Waals surface area contributed by atoms with Crippen LogP contribution in [0, 0.1) is 11.6 Å². The number of nitrogens with zero attached hydrogens (tertiary/aromatic N) is 1. The monoisotopic (exact) mass is 327 g/mol. The molecule has 0 saturated carbocycles. The van der Waals surface area contributed by atoms with Crippen molar-refractivity contribution in [2.24, 2.45) is 0 Å². The van der Waals surface area contributed by atoms with Crippen molar-refractivity contribution < 1.29 is 27.5 Å². The Bertz CT molecular complexity index is 465. The highest BCUT2D eigenvalue weighted by Crippen LogP contribution is 2.44. The Morgan fingerprint density at radius 1 is 1.17 bits per heavy atom. The van der Waals surface area contributed by atoms with Crippen LogP contribution in [-0.2, 0) is 4.79 Å². The number of benzene rings is 1. The quantitative estimate of drug-likeness (QED) is 0.801. The number of rotatable bonds is 3. The Morgan fingerprint density at radius 3 is 2.06 bits per heavy atom. The Kier molecular flexibility index (Phi) is 4.44. The van der Waals surface area contributed by atoms with Gasteiger partial charge in [0.1, 0.15) is 5.69 Å². The molecule has 4 nitrogen and oxygen atoms in total. The number of ether oxygens (including phenoxy) is 2. The normalized spacial score (nSPS) is 10.2. The van der Waals surface area contributed by atoms with E-state index in [0.29, 0.717) is 0 Å². The summed E-state index contributed by atoms with van der Waals surface area (Å²) in [6.45, 7) is 0.883. The summed E-state index contributed by atoms with van der Waals surface area (Å²) in [5.41, 5.74) is -0.808. The average Bonchev–Trinajstić information content (AvgIpc) is 2.29. The smallest absolute Gasteiger partial charge is 0.252 e. The molecule has 1 amide bonds. The number of carbonyl (C=O) groups is 1. The molecule has 18 heavy (non-hydrogen) atoms. The zero-order valence-electron chi connectivity index (χ0n) is 9.68. The maximum absolute atomic E-state index is 13.8. The highest BCUT2D eigenvalue weighted by molar-refractivity contribution is 9.10. The third-order valence-electron chi connectivity index (χ3n) is 2.09. The van der Waals surface area contributed by atoms with Crippen molar-refractivity contribution in [3.63, 3.8) is 0 Å². The highest BCUT2D eigenvalue weighted by Gasteiger charge is 2.30. The zero-order chi connectivity index (χ0) is 14.0. The van der Waals surface area contributed by atoms with E-state index < -0.39 is 39.9 Å². The summed E-state index contributed by atoms with van der Waals surface area (Å²) in [5.74, 6) is -4.86. The minimum atomic E-state index is -1.35. The number of amides is 1. The molecule has 0 aliphatic heterocycles. The van der Waals surface area contributed by atoms with E-state index in [2.05, 4.69) is 25.4 Å². The molecule has 8 heteroatoms. The van der Waals surface area contributed by atoms with Crippen LogP contribution in [0.1, 0.15) is 6.92 Å². The molecule has 0 aliphatic carbocycles. The van der Waals surface area contributed by atoms with Crippen molar-refractivity contribution in [3.8, 4) is 11.5 Å². The molecule has 0 bridgehead atoms. The summed E-state index contributed by atoms with van der Waals surface area (Å²) >= 11 is 2.78. The van der Waals surface area contributed by atoms with Gasteiger partial charge in [0.15, 0.2) is 17.3 Å². The molecule has 0 fully saturated rings. The van der Waals surface area contributed by atoms with Crippen molar-refractivity contribution in [1.29, 1.82) is 0 Å². The van der Waals surface area contributed by atoms with Crippen molar-refractivity contribution in [2.45, 2.75) is 6.92 Å². The zero-order valence-corrected chi connectivity index (χ0v) is 11.3. The van der Waals surface area contributed by atoms with Crippen LogP contribution < -0.4 is 14.6 Å². The number of hydrogen-bond acceptors (Lipinski definition) is 3. The molecule has 0 aliphatic rings. The standard InChI is InChI=1S/C10H9BrF3NO3/c1-4(16)15(14)8-5(11)9(17-2)7(13)10(18-3)6(8)12/h1-3H3. The van der Waals surface area contributed by atoms with Gasteiger partial charge in [-0.25, -0.2) is 4.39 Å². The molecule has 1 rings (SSSR count). The molecule has 1 aromatic carbocycles. The molecule has 0 spiro atoms. The fourth-order valence-electron chi connectivity index (χ4n) is 1.30. The molecule has 0 aromatic heterocycles. The van der Waals surface area contributed by atoms with Gasteiger partial charge in [-0.05, 0) is 15.9 Å². The topological polar surface area (TPSA) is 38.8 Å². The first-order valence-electron chi connectivity index (χ1n) is 4.61. The molecule has 100 valence electrons. The molecule has 0 atom stereocenters. The average molecular weight is 328 g/mol. The second-order valence-electron chi connectivity index (χ2n) is 3.16. The lowest BCUT2D eigenvalue weighted by molar-refractivity contribution is -0.119. The van der Waals surface area contributed by atoms with Crippen molar-refractivity contribution in [3.05, 3.63) is 16.1 Å². The number of hydrogen-bond donors (Lipinski definition) is 0. The second kappa shape index (κ2) is 5.47. The van der Waals surface area contributed by atoms with Crippen LogP contribution in [0.2, 0.25) is 0 Å². The van der Waals surface area contributed by atoms with Crippen LogP contribution in [0.25, 0.3) is 0 Å². The predicted molar refractivity (Wildman–Crippen MR) is 61.4 cm³/mol. The highest BCUT2D eigenvalue weighted by atomic mass is 79.9. The van der Waals surface area contributed by atoms with E-state index >= 15 is 0 Å². The molecule has 0 saturated heterocycles. The van der Waals surface area contributed by atoms with Crippen molar-refractivity contribution >= 4 is 27.5 Å². The summed E-state index contributed by atoms with van der Waals surface area (Å²) in [4.78, 5) is 10.9. The van der Waals surface area contributed by atoms with E-state index in [1.165, 1.54) is 0 Å². The molecular formula is C10H9BrF3NO3. The number of anilines is 1. The molecule has 1 aromatic rings. The lowest BCUT2D eigenvalue weighted by atomic mass is 10.2. The number of methoxy groups -OCH3 is 2. The van der Waals surface area contributed by atoms with E-state index in [4.69, 9.17) is 0 Å². The Morgan fingerprint density at radius 2 is 1.67 bits per heavy atom. The van der Waals surface area contributed by atoms with Gasteiger partial charge in [-0.3, -0.25) is 4.79 Å². The van der Waals surface area contributed by atoms with Crippen LogP contribution in [-0.4, -0.2) is 20.1 Å². The summed E-state index contributed by atoms with van der Waals surface area (Å²) in [6.07, 6.45) is 0. The van der Waals surface area contributed by atoms with Gasteiger partial charge in [0, 0.05) is 6.92 Å². The fourth-order valence-corrected chi connectivity index (χ4v) is 1.96. The Balaban J connectivity index is 3.65. The van der Waals surface area contributed by atoms with Gasteiger partial charge >= 0.3 is 0 Å². The maximum atomic E-state index is 13.8. The lowest BCUT2D eigenvalue weighted by Gasteiger charge is -2.17. The van der Waals surface area contributed by atoms with Crippen molar-refractivity contribution in [1.82, 2.24) is 0 Å². The molecule has 0 radical (unpaired) electrons. The van der Waals surface area contributed by atoms with E-state index in [1.807, 2.05) is 0 Å². The number of halogens is 4. The van der Waals surface area contributed by atoms with Crippen molar-refractivity contribution in [2.75, 3.05) is 19.3 Å². The largest absolute Gasteiger partial charge is 0.492 e. The summed E-state index contributed by atoms with van der Waals surface area (Å²) in [6, 6.07) is 0. The van der Waals surface area contributed by atoms with Gasteiger partial charge in [-0.15, -0.1) is 5.12 Å². The van der Waals surface area contributed by atoms with Gasteiger partial charge < -0.3 is 9.47 Å². The van der Waals surface area contributed by atoms with Crippen LogP contribution in [0.3, 0.4) is 0 Å².